The van der Waals surface area contributed by atoms with Gasteiger partial charge in [0.05, 0.1) is 5.69 Å². The van der Waals surface area contributed by atoms with Gasteiger partial charge in [-0.25, -0.2) is 4.39 Å². The Labute approximate surface area is 136 Å². The van der Waals surface area contributed by atoms with Crippen LogP contribution in [0.1, 0.15) is 56.6 Å². The molecule has 0 atom stereocenters. The Balaban J connectivity index is 1.35. The standard InChI is InChI=1S/C19H25FN2O/c20-16-5-6-17-18(13-16)23-21-19(17)15-8-11-22(12-9-15)10-7-14-3-1-2-4-14/h5-6,13-15H,1-4,7-12H2. The van der Waals surface area contributed by atoms with Crippen LogP contribution in [0.25, 0.3) is 11.0 Å². The first-order chi connectivity index (χ1) is 11.3. The molecule has 1 aromatic heterocycles. The number of hydrogen-bond donors (Lipinski definition) is 0. The summed E-state index contributed by atoms with van der Waals surface area (Å²) in [4.78, 5) is 2.61. The maximum absolute atomic E-state index is 13.3. The molecular weight excluding hydrogens is 291 g/mol. The molecule has 0 bridgehead atoms. The molecular formula is C19H25FN2O. The average Bonchev–Trinajstić information content (AvgIpc) is 3.22. The van der Waals surface area contributed by atoms with E-state index in [0.29, 0.717) is 11.5 Å². The first kappa shape index (κ1) is 15.1. The third kappa shape index (κ3) is 3.27. The number of nitrogens with zero attached hydrogens (tertiary/aromatic N) is 2. The van der Waals surface area contributed by atoms with Crippen molar-refractivity contribution in [3.8, 4) is 0 Å². The summed E-state index contributed by atoms with van der Waals surface area (Å²) in [6, 6.07) is 4.74. The average molecular weight is 316 g/mol. The zero-order chi connectivity index (χ0) is 15.6. The number of halogens is 1. The van der Waals surface area contributed by atoms with E-state index in [9.17, 15) is 4.39 Å². The van der Waals surface area contributed by atoms with Crippen LogP contribution in [0.3, 0.4) is 0 Å². The van der Waals surface area contributed by atoms with Crippen molar-refractivity contribution in [2.75, 3.05) is 19.6 Å². The molecule has 0 radical (unpaired) electrons. The van der Waals surface area contributed by atoms with Gasteiger partial charge in [-0.1, -0.05) is 30.8 Å². The lowest BCUT2D eigenvalue weighted by Gasteiger charge is -2.31. The molecule has 23 heavy (non-hydrogen) atoms. The topological polar surface area (TPSA) is 29.3 Å². The lowest BCUT2D eigenvalue weighted by Crippen LogP contribution is -2.34. The van der Waals surface area contributed by atoms with E-state index in [4.69, 9.17) is 4.52 Å². The molecule has 1 aliphatic carbocycles. The van der Waals surface area contributed by atoms with Crippen LogP contribution in [0.5, 0.6) is 0 Å². The van der Waals surface area contributed by atoms with Crippen LogP contribution in [-0.2, 0) is 0 Å². The Hall–Kier alpha value is -1.42. The minimum absolute atomic E-state index is 0.262. The van der Waals surface area contributed by atoms with Crippen molar-refractivity contribution in [1.29, 1.82) is 0 Å². The highest BCUT2D eigenvalue weighted by Crippen LogP contribution is 2.33. The summed E-state index contributed by atoms with van der Waals surface area (Å²) in [5.41, 5.74) is 1.60. The van der Waals surface area contributed by atoms with Gasteiger partial charge in [0, 0.05) is 17.4 Å². The Morgan fingerprint density at radius 1 is 1.13 bits per heavy atom. The summed E-state index contributed by atoms with van der Waals surface area (Å²) < 4.78 is 18.6. The van der Waals surface area contributed by atoms with Crippen LogP contribution in [0.4, 0.5) is 4.39 Å². The van der Waals surface area contributed by atoms with E-state index in [1.165, 1.54) is 50.8 Å². The molecule has 0 unspecified atom stereocenters. The molecule has 2 aliphatic rings. The van der Waals surface area contributed by atoms with Gasteiger partial charge in [0.15, 0.2) is 5.58 Å². The fourth-order valence-electron chi connectivity index (χ4n) is 4.32. The highest BCUT2D eigenvalue weighted by molar-refractivity contribution is 5.79. The second kappa shape index (κ2) is 6.60. The Kier molecular flexibility index (Phi) is 4.34. The Morgan fingerprint density at radius 2 is 1.91 bits per heavy atom. The molecule has 1 aromatic carbocycles. The minimum atomic E-state index is -0.262. The van der Waals surface area contributed by atoms with Gasteiger partial charge in [0.1, 0.15) is 5.82 Å². The summed E-state index contributed by atoms with van der Waals surface area (Å²) >= 11 is 0. The highest BCUT2D eigenvalue weighted by Gasteiger charge is 2.25. The predicted octanol–water partition coefficient (Wildman–Crippen LogP) is 4.73. The molecule has 0 spiro atoms. The van der Waals surface area contributed by atoms with Gasteiger partial charge in [-0.2, -0.15) is 0 Å². The van der Waals surface area contributed by atoms with Gasteiger partial charge in [-0.15, -0.1) is 0 Å². The van der Waals surface area contributed by atoms with Gasteiger partial charge >= 0.3 is 0 Å². The number of piperidine rings is 1. The molecule has 0 amide bonds. The van der Waals surface area contributed by atoms with Crippen LogP contribution < -0.4 is 0 Å². The van der Waals surface area contributed by atoms with Crippen LogP contribution >= 0.6 is 0 Å². The summed E-state index contributed by atoms with van der Waals surface area (Å²) in [6.45, 7) is 3.54. The van der Waals surface area contributed by atoms with Crippen LogP contribution in [0.2, 0.25) is 0 Å². The molecule has 4 heteroatoms. The predicted molar refractivity (Wildman–Crippen MR) is 89.0 cm³/mol. The smallest absolute Gasteiger partial charge is 0.170 e. The van der Waals surface area contributed by atoms with E-state index in [1.54, 1.807) is 0 Å². The SMILES string of the molecule is Fc1ccc2c(C3CCN(CCC4CCCC4)CC3)noc2c1. The lowest BCUT2D eigenvalue weighted by atomic mass is 9.91. The second-order valence-electron chi connectivity index (χ2n) is 7.26. The Bertz CT molecular complexity index is 654. The number of aromatic nitrogens is 1. The van der Waals surface area contributed by atoms with E-state index in [0.717, 1.165) is 42.9 Å². The first-order valence-corrected chi connectivity index (χ1v) is 9.07. The first-order valence-electron chi connectivity index (χ1n) is 9.07. The third-order valence-corrected chi connectivity index (χ3v) is 5.76. The number of likely N-dealkylation sites (tertiary alicyclic amines) is 1. The molecule has 2 aromatic rings. The summed E-state index contributed by atoms with van der Waals surface area (Å²) in [5, 5.41) is 5.22. The normalized spacial score (nSPS) is 21.4. The molecule has 1 saturated carbocycles. The van der Waals surface area contributed by atoms with Gasteiger partial charge in [-0.05, 0) is 56.9 Å². The van der Waals surface area contributed by atoms with Gasteiger partial charge in [0.25, 0.3) is 0 Å². The molecule has 2 heterocycles. The fraction of sp³-hybridized carbons (Fsp3) is 0.632. The van der Waals surface area contributed by atoms with Gasteiger partial charge < -0.3 is 9.42 Å². The van der Waals surface area contributed by atoms with Crippen molar-refractivity contribution >= 4 is 11.0 Å². The van der Waals surface area contributed by atoms with Crippen LogP contribution in [-0.4, -0.2) is 29.7 Å². The maximum Gasteiger partial charge on any atom is 0.170 e. The molecule has 4 rings (SSSR count). The van der Waals surface area contributed by atoms with Crippen molar-refractivity contribution in [2.45, 2.75) is 50.9 Å². The van der Waals surface area contributed by atoms with Crippen molar-refractivity contribution in [2.24, 2.45) is 5.92 Å². The van der Waals surface area contributed by atoms with Crippen molar-refractivity contribution < 1.29 is 8.91 Å². The van der Waals surface area contributed by atoms with E-state index < -0.39 is 0 Å². The molecule has 2 fully saturated rings. The molecule has 3 nitrogen and oxygen atoms in total. The van der Waals surface area contributed by atoms with Crippen molar-refractivity contribution in [3.63, 3.8) is 0 Å². The summed E-state index contributed by atoms with van der Waals surface area (Å²) in [5.74, 6) is 1.16. The zero-order valence-corrected chi connectivity index (χ0v) is 13.6. The molecule has 0 N–H and O–H groups in total. The number of fused-ring (bicyclic) bond motifs is 1. The molecule has 124 valence electrons. The monoisotopic (exact) mass is 316 g/mol. The summed E-state index contributed by atoms with van der Waals surface area (Å²) in [7, 11) is 0. The third-order valence-electron chi connectivity index (χ3n) is 5.76. The Morgan fingerprint density at radius 3 is 2.70 bits per heavy atom. The zero-order valence-electron chi connectivity index (χ0n) is 13.6. The van der Waals surface area contributed by atoms with Crippen molar-refractivity contribution in [3.05, 3.63) is 29.7 Å². The van der Waals surface area contributed by atoms with E-state index >= 15 is 0 Å². The van der Waals surface area contributed by atoms with E-state index in [1.807, 2.05) is 6.07 Å². The summed E-state index contributed by atoms with van der Waals surface area (Å²) in [6.07, 6.45) is 9.39. The number of rotatable bonds is 4. The van der Waals surface area contributed by atoms with Gasteiger partial charge in [0.2, 0.25) is 0 Å². The maximum atomic E-state index is 13.3. The number of benzene rings is 1. The van der Waals surface area contributed by atoms with Crippen LogP contribution in [0.15, 0.2) is 22.7 Å². The fourth-order valence-corrected chi connectivity index (χ4v) is 4.32. The highest BCUT2D eigenvalue weighted by atomic mass is 19.1. The quantitative estimate of drug-likeness (QED) is 0.817. The minimum Gasteiger partial charge on any atom is -0.356 e. The number of hydrogen-bond acceptors (Lipinski definition) is 3. The molecule has 1 aliphatic heterocycles. The van der Waals surface area contributed by atoms with E-state index in [2.05, 4.69) is 10.1 Å². The second-order valence-corrected chi connectivity index (χ2v) is 7.26. The van der Waals surface area contributed by atoms with Crippen LogP contribution in [0, 0.1) is 11.7 Å². The van der Waals surface area contributed by atoms with Gasteiger partial charge in [-0.3, -0.25) is 0 Å². The lowest BCUT2D eigenvalue weighted by molar-refractivity contribution is 0.196. The van der Waals surface area contributed by atoms with E-state index in [-0.39, 0.29) is 5.82 Å². The van der Waals surface area contributed by atoms with Crippen molar-refractivity contribution in [1.82, 2.24) is 10.1 Å². The molecule has 1 saturated heterocycles. The largest absolute Gasteiger partial charge is 0.356 e.